The molecule has 646 valence electrons. The maximum absolute atomic E-state index is 14.3. The normalized spacial score (nSPS) is 11.6. The molecule has 0 radical (unpaired) electrons. The summed E-state index contributed by atoms with van der Waals surface area (Å²) in [6.07, 6.45) is 0.696. The highest BCUT2D eigenvalue weighted by Gasteiger charge is 2.31. The van der Waals surface area contributed by atoms with Gasteiger partial charge < -0.3 is 106 Å². The summed E-state index contributed by atoms with van der Waals surface area (Å²) in [4.78, 5) is 263. The average Bonchev–Trinajstić information content (AvgIpc) is 1.70. The van der Waals surface area contributed by atoms with Crippen LogP contribution < -0.4 is 37.6 Å². The van der Waals surface area contributed by atoms with E-state index < -0.39 is 178 Å². The number of anilines is 1. The third kappa shape index (κ3) is 35.1. The van der Waals surface area contributed by atoms with Gasteiger partial charge in [0.2, 0.25) is 94.5 Å². The van der Waals surface area contributed by atoms with Crippen molar-refractivity contribution in [3.63, 3.8) is 0 Å². The molecule has 0 aliphatic heterocycles. The Kier molecular flexibility index (Phi) is 41.3. The number of urea groups is 1. The van der Waals surface area contributed by atoms with Gasteiger partial charge in [0.25, 0.3) is 0 Å². The van der Waals surface area contributed by atoms with Gasteiger partial charge in [0, 0.05) is 171 Å². The predicted octanol–water partition coefficient (Wildman–Crippen LogP) is -2.56. The number of aromatic nitrogens is 1. The Morgan fingerprint density at radius 1 is 0.410 bits per heavy atom. The molecule has 117 heavy (non-hydrogen) atoms. The zero-order valence-electron chi connectivity index (χ0n) is 70.2. The monoisotopic (exact) mass is 1640 g/mol. The average molecular weight is 1640 g/mol. The second-order valence-corrected chi connectivity index (χ2v) is 29.6. The molecule has 3 aromatic rings. The summed E-state index contributed by atoms with van der Waals surface area (Å²) in [6.45, 7) is 4.07. The fourth-order valence-electron chi connectivity index (χ4n) is 11.0. The number of hydrogen-bond acceptors (Lipinski definition) is 20. The zero-order valence-corrected chi connectivity index (χ0v) is 70.2. The van der Waals surface area contributed by atoms with Gasteiger partial charge >= 0.3 is 12.1 Å². The van der Waals surface area contributed by atoms with Gasteiger partial charge in [-0.05, 0) is 55.5 Å². The van der Waals surface area contributed by atoms with Crippen LogP contribution in [0.25, 0.3) is 10.9 Å². The maximum atomic E-state index is 14.3. The van der Waals surface area contributed by atoms with Crippen molar-refractivity contribution in [3.05, 3.63) is 65.9 Å². The van der Waals surface area contributed by atoms with Gasteiger partial charge in [-0.15, -0.1) is 0 Å². The van der Waals surface area contributed by atoms with E-state index in [1.807, 2.05) is 24.3 Å². The summed E-state index contributed by atoms with van der Waals surface area (Å²) in [5.74, 6) is -10.2. The lowest BCUT2D eigenvalue weighted by atomic mass is 10.0. The Bertz CT molecular complexity index is 4020. The first-order valence-corrected chi connectivity index (χ1v) is 38.0. The number of benzene rings is 2. The third-order valence-electron chi connectivity index (χ3n) is 18.7. The van der Waals surface area contributed by atoms with E-state index in [1.165, 1.54) is 87.2 Å². The summed E-state index contributed by atoms with van der Waals surface area (Å²) >= 11 is 0. The van der Waals surface area contributed by atoms with Crippen LogP contribution in [0.3, 0.4) is 0 Å². The molecule has 9 N–H and O–H groups in total. The molecule has 0 fully saturated rings. The number of aromatic amines is 1. The number of nitrogens with one attached hydrogen (secondary N) is 7. The van der Waals surface area contributed by atoms with E-state index in [9.17, 15) is 91.1 Å². The molecule has 40 nitrogen and oxygen atoms in total. The number of primary amides is 1. The Hall–Kier alpha value is -12.3. The Labute approximate surface area is 681 Å². The predicted molar refractivity (Wildman–Crippen MR) is 428 cm³/mol. The fourth-order valence-corrected chi connectivity index (χ4v) is 11.0. The van der Waals surface area contributed by atoms with Crippen molar-refractivity contribution in [1.82, 2.24) is 90.4 Å². The highest BCUT2D eigenvalue weighted by atomic mass is 16.6. The Balaban J connectivity index is 1.44. The molecule has 0 bridgehead atoms. The molecular weight excluding hydrogens is 1520 g/mol. The van der Waals surface area contributed by atoms with E-state index in [0.29, 0.717) is 23.4 Å². The molecule has 0 spiro atoms. The van der Waals surface area contributed by atoms with Crippen LogP contribution in [0.1, 0.15) is 84.3 Å². The Morgan fingerprint density at radius 3 is 1.28 bits per heavy atom. The molecule has 2 aromatic carbocycles. The van der Waals surface area contributed by atoms with Crippen molar-refractivity contribution in [1.29, 1.82) is 0 Å². The number of para-hydroxylation sites is 1. The van der Waals surface area contributed by atoms with Crippen molar-refractivity contribution in [2.75, 3.05) is 182 Å². The quantitative estimate of drug-likeness (QED) is 0.0270. The van der Waals surface area contributed by atoms with E-state index in [4.69, 9.17) is 10.5 Å². The molecule has 3 atom stereocenters. The lowest BCUT2D eigenvalue weighted by Crippen LogP contribution is -2.53. The third-order valence-corrected chi connectivity index (χ3v) is 18.7. The van der Waals surface area contributed by atoms with Crippen LogP contribution in [-0.4, -0.2) is 371 Å². The molecule has 0 aliphatic carbocycles. The molecule has 19 amide bonds. The number of amides is 19. The lowest BCUT2D eigenvalue weighted by Gasteiger charge is -2.27. The summed E-state index contributed by atoms with van der Waals surface area (Å²) in [5.41, 5.74) is 7.64. The van der Waals surface area contributed by atoms with Crippen LogP contribution in [0.15, 0.2) is 54.7 Å². The summed E-state index contributed by atoms with van der Waals surface area (Å²) < 4.78 is 5.45. The van der Waals surface area contributed by atoms with E-state index in [2.05, 4.69) is 36.9 Å². The molecule has 1 heterocycles. The molecule has 1 aromatic heterocycles. The van der Waals surface area contributed by atoms with Crippen molar-refractivity contribution in [2.24, 2.45) is 17.6 Å². The lowest BCUT2D eigenvalue weighted by molar-refractivity contribution is -0.146. The number of hydrogen-bond donors (Lipinski definition) is 8. The first-order chi connectivity index (χ1) is 54.8. The largest absolute Gasteiger partial charge is 0.445 e. The first kappa shape index (κ1) is 98.9. The molecular formula is C77H118N20O20. The standard InChI is InChI=1S/C77H118N20O20/c1-49(2)72(111)51(5)82-61(100)38-88(8)63(102)40-90(10)65(104)42-92(12)67(106)44-94(14)69(108)46-96(16)71(110)47-97(17)70(109)45-95(15)68(107)43-93(13)66(105)41-91(11)64(103)39-89(9)62(101)31-33-79-59(98)25-20-26-60(99)84-58(36-53-37-81-56-23-19-18-22-55(53)56)74(113)85-57(24-21-32-80-76(78)115)73(112)83-54-29-27-52(28-30-54)48-117-77(116)87(7)35-34-86(6)75(114)50(3)4/h18-19,22-23,27-30,37,49-51,57-58,81H,20-21,24-26,31-36,38-48H2,1-17H3,(H,79,98)(H,82,100)(H,83,112)(H,84,99)(H,85,113)(H3,78,80,115)/t51-,57-,58-/m0/s1. The highest BCUT2D eigenvalue weighted by molar-refractivity contribution is 6.00. The highest BCUT2D eigenvalue weighted by Crippen LogP contribution is 2.21. The number of Topliss-reactive ketones (excluding diaryl/α,β-unsaturated/α-hetero) is 1. The number of H-pyrrole nitrogens is 1. The van der Waals surface area contributed by atoms with E-state index >= 15 is 0 Å². The zero-order chi connectivity index (χ0) is 88.2. The topological polar surface area (TPSA) is 486 Å². The number of likely N-dealkylation sites (N-methyl/N-ethyl adjacent to an activating group) is 12. The van der Waals surface area contributed by atoms with E-state index in [-0.39, 0.29) is 101 Å². The van der Waals surface area contributed by atoms with Crippen LogP contribution in [0, 0.1) is 11.8 Å². The minimum Gasteiger partial charge on any atom is -0.445 e. The van der Waals surface area contributed by atoms with Crippen LogP contribution >= 0.6 is 0 Å². The van der Waals surface area contributed by atoms with Crippen molar-refractivity contribution >= 4 is 129 Å². The number of nitrogens with zero attached hydrogens (tertiary/aromatic N) is 12. The second-order valence-electron chi connectivity index (χ2n) is 29.6. The number of carbonyl (C=O) groups excluding carboxylic acids is 19. The van der Waals surface area contributed by atoms with Crippen molar-refractivity contribution in [3.8, 4) is 0 Å². The number of fused-ring (bicyclic) bond motifs is 1. The fraction of sp³-hybridized carbons (Fsp3) is 0.571. The minimum absolute atomic E-state index is 0.0181. The number of nitrogens with two attached hydrogens (primary N) is 1. The molecule has 40 heteroatoms. The Morgan fingerprint density at radius 2 is 0.838 bits per heavy atom. The first-order valence-electron chi connectivity index (χ1n) is 38.0. The van der Waals surface area contributed by atoms with E-state index in [0.717, 1.165) is 59.9 Å². The number of ketones is 1. The summed E-state index contributed by atoms with van der Waals surface area (Å²) in [5, 5.41) is 16.7. The molecule has 0 saturated heterocycles. The van der Waals surface area contributed by atoms with Gasteiger partial charge in [0.15, 0.2) is 5.78 Å². The second kappa shape index (κ2) is 48.8. The molecule has 0 aliphatic rings. The summed E-state index contributed by atoms with van der Waals surface area (Å²) in [7, 11) is 16.3. The van der Waals surface area contributed by atoms with Crippen LogP contribution in [0.4, 0.5) is 15.3 Å². The smallest absolute Gasteiger partial charge is 0.409 e. The van der Waals surface area contributed by atoms with Crippen LogP contribution in [0.2, 0.25) is 0 Å². The van der Waals surface area contributed by atoms with Gasteiger partial charge in [-0.25, -0.2) is 9.59 Å². The summed E-state index contributed by atoms with van der Waals surface area (Å²) in [6, 6.07) is 9.73. The maximum Gasteiger partial charge on any atom is 0.409 e. The van der Waals surface area contributed by atoms with Gasteiger partial charge in [-0.3, -0.25) is 81.5 Å². The van der Waals surface area contributed by atoms with Gasteiger partial charge in [0.1, 0.15) is 18.7 Å². The SMILES string of the molecule is CC(C)C(=O)[C@H](C)NC(=O)CN(C)C(=O)CN(C)C(=O)CN(C)C(=O)CN(C)C(=O)CN(C)C(=O)CN(C)C(=O)CN(C)C(=O)CN(C)C(=O)CN(C)C(=O)CN(C)C(=O)CCNC(=O)CCCC(=O)N[C@@H](Cc1c[nH]c2ccccc12)C(=O)N[C@@H](CCCNC(N)=O)C(=O)Nc1ccc(COC(=O)N(C)CCN(C)C(=O)C(C)C)cc1. The van der Waals surface area contributed by atoms with E-state index in [1.54, 1.807) is 72.3 Å². The van der Waals surface area contributed by atoms with Gasteiger partial charge in [-0.2, -0.15) is 0 Å². The van der Waals surface area contributed by atoms with Crippen LogP contribution in [0.5, 0.6) is 0 Å². The van der Waals surface area contributed by atoms with Gasteiger partial charge in [0.05, 0.1) is 71.5 Å². The van der Waals surface area contributed by atoms with Crippen molar-refractivity contribution < 1.29 is 95.8 Å². The molecule has 3 rings (SSSR count). The van der Waals surface area contributed by atoms with Crippen molar-refractivity contribution in [2.45, 2.75) is 104 Å². The number of rotatable bonds is 47. The van der Waals surface area contributed by atoms with Gasteiger partial charge in [-0.1, -0.05) is 58.0 Å². The van der Waals surface area contributed by atoms with Crippen LogP contribution in [-0.2, 0) is 99.3 Å². The minimum atomic E-state index is -1.24. The number of ether oxygens (including phenoxy) is 1. The number of carbonyl (C=O) groups is 19. The molecule has 0 unspecified atom stereocenters. The molecule has 0 saturated carbocycles.